The molecule has 1 aliphatic heterocycles. The van der Waals surface area contributed by atoms with E-state index >= 15 is 0 Å². The normalized spacial score (nSPS) is 27.5. The highest BCUT2D eigenvalue weighted by Gasteiger charge is 2.39. The Bertz CT molecular complexity index is 378. The molecule has 1 fully saturated rings. The number of ether oxygens (including phenoxy) is 2. The molecule has 80 valence electrons. The van der Waals surface area contributed by atoms with Crippen LogP contribution >= 0.6 is 0 Å². The Hall–Kier alpha value is -1.22. The number of hydrogen-bond acceptors (Lipinski definition) is 3. The second-order valence-electron chi connectivity index (χ2n) is 4.21. The quantitative estimate of drug-likeness (QED) is 0.796. The first-order valence-electron chi connectivity index (χ1n) is 5.48. The topological polar surface area (TPSA) is 44.5 Å². The number of benzene rings is 1. The Kier molecular flexibility index (Phi) is 2.06. The van der Waals surface area contributed by atoms with Crippen molar-refractivity contribution in [1.29, 1.82) is 0 Å². The van der Waals surface area contributed by atoms with Crippen molar-refractivity contribution in [3.05, 3.63) is 23.8 Å². The van der Waals surface area contributed by atoms with Crippen molar-refractivity contribution in [3.63, 3.8) is 0 Å². The Morgan fingerprint density at radius 2 is 2.13 bits per heavy atom. The average molecular weight is 205 g/mol. The zero-order valence-corrected chi connectivity index (χ0v) is 8.61. The largest absolute Gasteiger partial charge is 0.486 e. The van der Waals surface area contributed by atoms with Crippen LogP contribution in [0, 0.1) is 5.92 Å². The Morgan fingerprint density at radius 1 is 1.27 bits per heavy atom. The van der Waals surface area contributed by atoms with Crippen LogP contribution in [0.3, 0.4) is 0 Å². The van der Waals surface area contributed by atoms with Gasteiger partial charge >= 0.3 is 0 Å². The Labute approximate surface area is 89.2 Å². The summed E-state index contributed by atoms with van der Waals surface area (Å²) < 4.78 is 11.2. The Morgan fingerprint density at radius 3 is 2.93 bits per heavy atom. The molecule has 0 radical (unpaired) electrons. The zero-order valence-electron chi connectivity index (χ0n) is 8.61. The highest BCUT2D eigenvalue weighted by Crippen LogP contribution is 2.52. The van der Waals surface area contributed by atoms with Gasteiger partial charge in [-0.15, -0.1) is 0 Å². The molecule has 3 rings (SSSR count). The predicted octanol–water partition coefficient (Wildman–Crippen LogP) is 1.52. The molecule has 2 N–H and O–H groups in total. The van der Waals surface area contributed by atoms with Crippen molar-refractivity contribution < 1.29 is 9.47 Å². The van der Waals surface area contributed by atoms with Crippen LogP contribution in [0.1, 0.15) is 17.9 Å². The van der Waals surface area contributed by atoms with Crippen molar-refractivity contribution in [1.82, 2.24) is 0 Å². The lowest BCUT2D eigenvalue weighted by atomic mass is 10.1. The monoisotopic (exact) mass is 205 g/mol. The van der Waals surface area contributed by atoms with Gasteiger partial charge in [0.15, 0.2) is 11.5 Å². The van der Waals surface area contributed by atoms with E-state index in [0.717, 1.165) is 18.0 Å². The summed E-state index contributed by atoms with van der Waals surface area (Å²) in [5.41, 5.74) is 6.95. The van der Waals surface area contributed by atoms with Gasteiger partial charge in [-0.2, -0.15) is 0 Å². The zero-order chi connectivity index (χ0) is 10.3. The smallest absolute Gasteiger partial charge is 0.164 e. The second-order valence-corrected chi connectivity index (χ2v) is 4.21. The third-order valence-electron chi connectivity index (χ3n) is 3.22. The van der Waals surface area contributed by atoms with E-state index in [1.807, 2.05) is 12.1 Å². The maximum Gasteiger partial charge on any atom is 0.164 e. The average Bonchev–Trinajstić information content (AvgIpc) is 3.07. The van der Waals surface area contributed by atoms with E-state index in [4.69, 9.17) is 15.2 Å². The molecule has 1 aromatic rings. The van der Waals surface area contributed by atoms with Gasteiger partial charge in [0.05, 0.1) is 0 Å². The number of fused-ring (bicyclic) bond motifs is 1. The molecule has 3 nitrogen and oxygen atoms in total. The summed E-state index contributed by atoms with van der Waals surface area (Å²) in [4.78, 5) is 0. The number of rotatable bonds is 2. The number of para-hydroxylation sites is 1. The fourth-order valence-electron chi connectivity index (χ4n) is 2.28. The van der Waals surface area contributed by atoms with E-state index in [0.29, 0.717) is 25.0 Å². The van der Waals surface area contributed by atoms with E-state index in [9.17, 15) is 0 Å². The van der Waals surface area contributed by atoms with Gasteiger partial charge in [-0.1, -0.05) is 12.1 Å². The van der Waals surface area contributed by atoms with Crippen LogP contribution in [0.15, 0.2) is 18.2 Å². The number of nitrogens with two attached hydrogens (primary N) is 1. The van der Waals surface area contributed by atoms with Crippen LogP contribution in [0.2, 0.25) is 0 Å². The van der Waals surface area contributed by atoms with Crippen LogP contribution < -0.4 is 15.2 Å². The molecule has 0 saturated heterocycles. The molecular weight excluding hydrogens is 190 g/mol. The summed E-state index contributed by atoms with van der Waals surface area (Å²) in [6, 6.07) is 6.14. The first-order chi connectivity index (χ1) is 7.40. The van der Waals surface area contributed by atoms with Crippen molar-refractivity contribution in [2.24, 2.45) is 11.7 Å². The maximum absolute atomic E-state index is 5.68. The SMILES string of the molecule is NC[C@@H]1C[C@H]1c1cccc2c1OCCO2. The highest BCUT2D eigenvalue weighted by molar-refractivity contribution is 5.50. The summed E-state index contributed by atoms with van der Waals surface area (Å²) >= 11 is 0. The molecule has 1 heterocycles. The molecular formula is C12H15NO2. The molecule has 3 heteroatoms. The van der Waals surface area contributed by atoms with Gasteiger partial charge in [0.25, 0.3) is 0 Å². The predicted molar refractivity (Wildman–Crippen MR) is 57.3 cm³/mol. The van der Waals surface area contributed by atoms with Gasteiger partial charge in [-0.3, -0.25) is 0 Å². The van der Waals surface area contributed by atoms with Crippen LogP contribution in [0.4, 0.5) is 0 Å². The van der Waals surface area contributed by atoms with E-state index in [1.165, 1.54) is 12.0 Å². The molecule has 2 aliphatic rings. The van der Waals surface area contributed by atoms with Crippen molar-refractivity contribution >= 4 is 0 Å². The van der Waals surface area contributed by atoms with Gasteiger partial charge in [0.2, 0.25) is 0 Å². The summed E-state index contributed by atoms with van der Waals surface area (Å²) in [5, 5.41) is 0. The van der Waals surface area contributed by atoms with Gasteiger partial charge in [0, 0.05) is 5.56 Å². The highest BCUT2D eigenvalue weighted by atomic mass is 16.6. The lowest BCUT2D eigenvalue weighted by molar-refractivity contribution is 0.170. The standard InChI is InChI=1S/C12H15NO2/c13-7-8-6-10(8)9-2-1-3-11-12(9)15-5-4-14-11/h1-3,8,10H,4-7,13H2/t8-,10+/m0/s1. The minimum atomic E-state index is 0.589. The van der Waals surface area contributed by atoms with E-state index < -0.39 is 0 Å². The summed E-state index contributed by atoms with van der Waals surface area (Å²) in [6.45, 7) is 2.08. The van der Waals surface area contributed by atoms with Crippen molar-refractivity contribution in [2.45, 2.75) is 12.3 Å². The minimum Gasteiger partial charge on any atom is -0.486 e. The molecule has 0 amide bonds. The van der Waals surface area contributed by atoms with E-state index in [2.05, 4.69) is 6.07 Å². The molecule has 15 heavy (non-hydrogen) atoms. The number of hydrogen-bond donors (Lipinski definition) is 1. The minimum absolute atomic E-state index is 0.589. The molecule has 0 aromatic heterocycles. The third-order valence-corrected chi connectivity index (χ3v) is 3.22. The molecule has 1 aromatic carbocycles. The van der Waals surface area contributed by atoms with Crippen LogP contribution in [-0.4, -0.2) is 19.8 Å². The van der Waals surface area contributed by atoms with Gasteiger partial charge in [0.1, 0.15) is 13.2 Å². The van der Waals surface area contributed by atoms with E-state index in [1.54, 1.807) is 0 Å². The second kappa shape index (κ2) is 3.42. The van der Waals surface area contributed by atoms with Gasteiger partial charge in [-0.25, -0.2) is 0 Å². The summed E-state index contributed by atoms with van der Waals surface area (Å²) in [7, 11) is 0. The molecule has 0 unspecified atom stereocenters. The molecule has 2 atom stereocenters. The molecule has 1 aliphatic carbocycles. The van der Waals surface area contributed by atoms with Crippen LogP contribution in [-0.2, 0) is 0 Å². The van der Waals surface area contributed by atoms with Crippen molar-refractivity contribution in [3.8, 4) is 11.5 Å². The van der Waals surface area contributed by atoms with Gasteiger partial charge in [-0.05, 0) is 30.9 Å². The summed E-state index contributed by atoms with van der Waals surface area (Å²) in [6.07, 6.45) is 1.19. The van der Waals surface area contributed by atoms with E-state index in [-0.39, 0.29) is 0 Å². The lowest BCUT2D eigenvalue weighted by Gasteiger charge is -2.21. The van der Waals surface area contributed by atoms with Gasteiger partial charge < -0.3 is 15.2 Å². The van der Waals surface area contributed by atoms with Crippen LogP contribution in [0.25, 0.3) is 0 Å². The fraction of sp³-hybridized carbons (Fsp3) is 0.500. The molecule has 0 bridgehead atoms. The maximum atomic E-state index is 5.68. The molecule has 1 saturated carbocycles. The first-order valence-corrected chi connectivity index (χ1v) is 5.48. The van der Waals surface area contributed by atoms with Crippen molar-refractivity contribution in [2.75, 3.05) is 19.8 Å². The molecule has 0 spiro atoms. The third kappa shape index (κ3) is 1.47. The Balaban J connectivity index is 1.94. The summed E-state index contributed by atoms with van der Waals surface area (Å²) in [5.74, 6) is 3.07. The fourth-order valence-corrected chi connectivity index (χ4v) is 2.28. The van der Waals surface area contributed by atoms with Crippen LogP contribution in [0.5, 0.6) is 11.5 Å². The lowest BCUT2D eigenvalue weighted by Crippen LogP contribution is -2.16. The first kappa shape index (κ1) is 9.04.